The molecule has 1 amide bonds. The van der Waals surface area contributed by atoms with Gasteiger partial charge in [-0.15, -0.1) is 0 Å². The van der Waals surface area contributed by atoms with E-state index in [1.165, 1.54) is 18.5 Å². The van der Waals surface area contributed by atoms with Crippen molar-refractivity contribution in [3.05, 3.63) is 42.5 Å². The quantitative estimate of drug-likeness (QED) is 0.683. The fourth-order valence-corrected chi connectivity index (χ4v) is 4.67. The normalized spacial score (nSPS) is 14.4. The van der Waals surface area contributed by atoms with Gasteiger partial charge in [-0.2, -0.15) is 4.31 Å². The van der Waals surface area contributed by atoms with Gasteiger partial charge in [-0.1, -0.05) is 6.07 Å². The molecule has 3 rings (SSSR count). The average molecular weight is 420 g/mol. The van der Waals surface area contributed by atoms with Crippen LogP contribution >= 0.6 is 0 Å². The minimum atomic E-state index is -3.50. The van der Waals surface area contributed by atoms with Crippen LogP contribution < -0.4 is 20.1 Å². The highest BCUT2D eigenvalue weighted by atomic mass is 32.2. The molecule has 9 heteroatoms. The van der Waals surface area contributed by atoms with Gasteiger partial charge in [0.1, 0.15) is 11.5 Å². The van der Waals surface area contributed by atoms with Gasteiger partial charge in [0.15, 0.2) is 0 Å². The second kappa shape index (κ2) is 9.15. The summed E-state index contributed by atoms with van der Waals surface area (Å²) in [6, 6.07) is 11.6. The van der Waals surface area contributed by atoms with Crippen LogP contribution in [-0.2, 0) is 14.8 Å². The molecule has 1 aliphatic rings. The van der Waals surface area contributed by atoms with Crippen molar-refractivity contribution in [2.24, 2.45) is 0 Å². The highest BCUT2D eigenvalue weighted by Crippen LogP contribution is 2.26. The molecule has 0 aromatic heterocycles. The number of nitrogens with one attached hydrogen (secondary N) is 2. The number of sulfonamides is 1. The SMILES string of the molecule is COc1cc(NC(=O)CNc2cccc(S(=O)(=O)N3CCCC3)c2)cc(OC)c1. The summed E-state index contributed by atoms with van der Waals surface area (Å²) in [5, 5.41) is 5.73. The Morgan fingerprint density at radius 3 is 2.28 bits per heavy atom. The molecule has 1 aliphatic heterocycles. The van der Waals surface area contributed by atoms with Crippen LogP contribution in [0.15, 0.2) is 47.4 Å². The van der Waals surface area contributed by atoms with Crippen LogP contribution in [0.5, 0.6) is 11.5 Å². The number of hydrogen-bond donors (Lipinski definition) is 2. The number of methoxy groups -OCH3 is 2. The Kier molecular flexibility index (Phi) is 6.60. The molecule has 0 bridgehead atoms. The highest BCUT2D eigenvalue weighted by Gasteiger charge is 2.27. The number of nitrogens with zero attached hydrogens (tertiary/aromatic N) is 1. The topological polar surface area (TPSA) is 97.0 Å². The van der Waals surface area contributed by atoms with E-state index in [0.717, 1.165) is 12.8 Å². The van der Waals surface area contributed by atoms with Crippen LogP contribution in [0.2, 0.25) is 0 Å². The van der Waals surface area contributed by atoms with Gasteiger partial charge in [-0.25, -0.2) is 8.42 Å². The number of ether oxygens (including phenoxy) is 2. The van der Waals surface area contributed by atoms with E-state index in [4.69, 9.17) is 9.47 Å². The number of anilines is 2. The van der Waals surface area contributed by atoms with E-state index in [1.54, 1.807) is 42.5 Å². The van der Waals surface area contributed by atoms with E-state index in [0.29, 0.717) is 36.0 Å². The Labute approximate surface area is 170 Å². The highest BCUT2D eigenvalue weighted by molar-refractivity contribution is 7.89. The maximum Gasteiger partial charge on any atom is 0.243 e. The number of benzene rings is 2. The van der Waals surface area contributed by atoms with Gasteiger partial charge in [-0.05, 0) is 31.0 Å². The van der Waals surface area contributed by atoms with Gasteiger partial charge in [0.25, 0.3) is 0 Å². The molecule has 0 unspecified atom stereocenters. The van der Waals surface area contributed by atoms with Gasteiger partial charge in [0, 0.05) is 42.7 Å². The van der Waals surface area contributed by atoms with E-state index in [9.17, 15) is 13.2 Å². The van der Waals surface area contributed by atoms with E-state index in [1.807, 2.05) is 0 Å². The van der Waals surface area contributed by atoms with Crippen molar-refractivity contribution in [2.75, 3.05) is 44.5 Å². The lowest BCUT2D eigenvalue weighted by molar-refractivity contribution is -0.114. The van der Waals surface area contributed by atoms with Crippen molar-refractivity contribution in [1.82, 2.24) is 4.31 Å². The predicted octanol–water partition coefficient (Wildman–Crippen LogP) is 2.54. The monoisotopic (exact) mass is 419 g/mol. The van der Waals surface area contributed by atoms with Crippen molar-refractivity contribution < 1.29 is 22.7 Å². The van der Waals surface area contributed by atoms with Gasteiger partial charge in [0.2, 0.25) is 15.9 Å². The van der Waals surface area contributed by atoms with Crippen LogP contribution in [-0.4, -0.2) is 52.5 Å². The number of carbonyl (C=O) groups is 1. The van der Waals surface area contributed by atoms with Crippen LogP contribution in [0.4, 0.5) is 11.4 Å². The first-order valence-electron chi connectivity index (χ1n) is 9.29. The summed E-state index contributed by atoms with van der Waals surface area (Å²) < 4.78 is 37.2. The molecule has 1 heterocycles. The summed E-state index contributed by atoms with van der Waals surface area (Å²) in [4.78, 5) is 12.5. The molecule has 1 fully saturated rings. The molecule has 1 saturated heterocycles. The molecule has 0 spiro atoms. The van der Waals surface area contributed by atoms with E-state index in [-0.39, 0.29) is 17.3 Å². The lowest BCUT2D eigenvalue weighted by atomic mass is 10.2. The van der Waals surface area contributed by atoms with E-state index in [2.05, 4.69) is 10.6 Å². The molecule has 0 saturated carbocycles. The zero-order valence-corrected chi connectivity index (χ0v) is 17.3. The van der Waals surface area contributed by atoms with Crippen molar-refractivity contribution in [1.29, 1.82) is 0 Å². The second-order valence-corrected chi connectivity index (χ2v) is 8.58. The summed E-state index contributed by atoms with van der Waals surface area (Å²) in [7, 11) is -0.433. The summed E-state index contributed by atoms with van der Waals surface area (Å²) in [5.41, 5.74) is 1.10. The largest absolute Gasteiger partial charge is 0.497 e. The number of amides is 1. The summed E-state index contributed by atoms with van der Waals surface area (Å²) >= 11 is 0. The molecule has 0 radical (unpaired) electrons. The smallest absolute Gasteiger partial charge is 0.243 e. The Bertz CT molecular complexity index is 950. The first-order valence-corrected chi connectivity index (χ1v) is 10.7. The zero-order chi connectivity index (χ0) is 20.9. The maximum absolute atomic E-state index is 12.7. The molecule has 2 aromatic rings. The third-order valence-electron chi connectivity index (χ3n) is 4.63. The third-order valence-corrected chi connectivity index (χ3v) is 6.52. The van der Waals surface area contributed by atoms with Crippen molar-refractivity contribution in [2.45, 2.75) is 17.7 Å². The van der Waals surface area contributed by atoms with Crippen molar-refractivity contribution >= 4 is 27.3 Å². The van der Waals surface area contributed by atoms with Gasteiger partial charge < -0.3 is 20.1 Å². The van der Waals surface area contributed by atoms with Crippen LogP contribution in [0.3, 0.4) is 0 Å². The molecular weight excluding hydrogens is 394 g/mol. The molecule has 2 N–H and O–H groups in total. The molecule has 0 atom stereocenters. The average Bonchev–Trinajstić information content (AvgIpc) is 3.28. The Morgan fingerprint density at radius 2 is 1.66 bits per heavy atom. The lowest BCUT2D eigenvalue weighted by Gasteiger charge is -2.16. The molecule has 2 aromatic carbocycles. The van der Waals surface area contributed by atoms with Crippen molar-refractivity contribution in [3.63, 3.8) is 0 Å². The van der Waals surface area contributed by atoms with Crippen LogP contribution in [0.25, 0.3) is 0 Å². The molecule has 0 aliphatic carbocycles. The summed E-state index contributed by atoms with van der Waals surface area (Å²) in [5.74, 6) is 0.841. The molecule has 29 heavy (non-hydrogen) atoms. The minimum Gasteiger partial charge on any atom is -0.497 e. The van der Waals surface area contributed by atoms with Gasteiger partial charge in [0.05, 0.1) is 25.7 Å². The minimum absolute atomic E-state index is 0.0211. The summed E-state index contributed by atoms with van der Waals surface area (Å²) in [6.45, 7) is 1.07. The standard InChI is InChI=1S/C20H25N3O5S/c1-27-17-10-16(11-18(13-17)28-2)22-20(24)14-21-15-6-5-7-19(12-15)29(25,26)23-8-3-4-9-23/h5-7,10-13,21H,3-4,8-9,14H2,1-2H3,(H,22,24). The Morgan fingerprint density at radius 1 is 1.00 bits per heavy atom. The molecule has 156 valence electrons. The number of carbonyl (C=O) groups excluding carboxylic acids is 1. The first-order chi connectivity index (χ1) is 13.9. The van der Waals surface area contributed by atoms with Gasteiger partial charge in [-0.3, -0.25) is 4.79 Å². The predicted molar refractivity (Wildman–Crippen MR) is 111 cm³/mol. The number of rotatable bonds is 8. The summed E-state index contributed by atoms with van der Waals surface area (Å²) in [6.07, 6.45) is 1.76. The van der Waals surface area contributed by atoms with E-state index < -0.39 is 10.0 Å². The third kappa shape index (κ3) is 5.18. The van der Waals surface area contributed by atoms with Crippen LogP contribution in [0.1, 0.15) is 12.8 Å². The maximum atomic E-state index is 12.7. The first kappa shape index (κ1) is 20.9. The van der Waals surface area contributed by atoms with E-state index >= 15 is 0 Å². The Balaban J connectivity index is 1.64. The lowest BCUT2D eigenvalue weighted by Crippen LogP contribution is -2.28. The zero-order valence-electron chi connectivity index (χ0n) is 16.5. The fraction of sp³-hybridized carbons (Fsp3) is 0.350. The second-order valence-electron chi connectivity index (χ2n) is 6.64. The van der Waals surface area contributed by atoms with Crippen molar-refractivity contribution in [3.8, 4) is 11.5 Å². The molecule has 8 nitrogen and oxygen atoms in total. The number of hydrogen-bond acceptors (Lipinski definition) is 6. The van der Waals surface area contributed by atoms with Crippen LogP contribution in [0, 0.1) is 0 Å². The fourth-order valence-electron chi connectivity index (χ4n) is 3.11. The molecular formula is C20H25N3O5S. The van der Waals surface area contributed by atoms with Gasteiger partial charge >= 0.3 is 0 Å². The Hall–Kier alpha value is -2.78.